The Balaban J connectivity index is 2.98. The van der Waals surface area contributed by atoms with Gasteiger partial charge >= 0.3 is 5.97 Å². The molecule has 1 aromatic heterocycles. The number of hydrogen-bond donors (Lipinski definition) is 2. The highest BCUT2D eigenvalue weighted by atomic mass is 32.2. The molecule has 1 heterocycles. The van der Waals surface area contributed by atoms with Crippen LogP contribution in [0.25, 0.3) is 11.0 Å². The first-order valence-corrected chi connectivity index (χ1v) is 7.22. The minimum atomic E-state index is -3.57. The van der Waals surface area contributed by atoms with E-state index < -0.39 is 15.8 Å². The van der Waals surface area contributed by atoms with Crippen LogP contribution in [0.1, 0.15) is 23.0 Å². The van der Waals surface area contributed by atoms with Crippen molar-refractivity contribution in [2.24, 2.45) is 0 Å². The third-order valence-corrected chi connectivity index (χ3v) is 4.78. The predicted octanol–water partition coefficient (Wildman–Crippen LogP) is 1.82. The predicted molar refractivity (Wildman–Crippen MR) is 70.0 cm³/mol. The van der Waals surface area contributed by atoms with Gasteiger partial charge in [-0.15, -0.1) is 0 Å². The van der Waals surface area contributed by atoms with Crippen molar-refractivity contribution in [3.05, 3.63) is 23.5 Å². The Hall–Kier alpha value is -2.02. The number of carboxylic acids is 1. The van der Waals surface area contributed by atoms with E-state index in [0.717, 1.165) is 0 Å². The Bertz CT molecular complexity index is 773. The van der Waals surface area contributed by atoms with Crippen LogP contribution in [0.5, 0.6) is 0 Å². The van der Waals surface area contributed by atoms with E-state index in [1.165, 1.54) is 26.0 Å². The number of furan rings is 1. The molecule has 0 saturated carbocycles. The number of sulfone groups is 1. The van der Waals surface area contributed by atoms with Gasteiger partial charge in [0, 0.05) is 10.9 Å². The Kier molecular flexibility index (Phi) is 3.01. The average molecular weight is 283 g/mol. The summed E-state index contributed by atoms with van der Waals surface area (Å²) in [5.41, 5.74) is 6.30. The second-order valence-corrected chi connectivity index (χ2v) is 6.34. The summed E-state index contributed by atoms with van der Waals surface area (Å²) in [6.07, 6.45) is 0. The van der Waals surface area contributed by atoms with Crippen molar-refractivity contribution in [1.29, 1.82) is 0 Å². The van der Waals surface area contributed by atoms with Crippen molar-refractivity contribution in [2.45, 2.75) is 18.7 Å². The molecule has 102 valence electrons. The molecule has 0 fully saturated rings. The summed E-state index contributed by atoms with van der Waals surface area (Å²) in [7, 11) is -3.57. The highest BCUT2D eigenvalue weighted by molar-refractivity contribution is 7.91. The van der Waals surface area contributed by atoms with Gasteiger partial charge in [0.15, 0.2) is 9.84 Å². The quantitative estimate of drug-likeness (QED) is 0.831. The van der Waals surface area contributed by atoms with Crippen molar-refractivity contribution >= 4 is 32.5 Å². The molecule has 19 heavy (non-hydrogen) atoms. The molecule has 0 bridgehead atoms. The van der Waals surface area contributed by atoms with E-state index in [1.807, 2.05) is 0 Å². The number of nitrogen functional groups attached to an aromatic ring is 1. The molecule has 0 unspecified atom stereocenters. The zero-order valence-electron chi connectivity index (χ0n) is 10.4. The lowest BCUT2D eigenvalue weighted by atomic mass is 10.1. The van der Waals surface area contributed by atoms with Crippen LogP contribution >= 0.6 is 0 Å². The fraction of sp³-hybridized carbons (Fsp3) is 0.250. The molecule has 0 atom stereocenters. The van der Waals surface area contributed by atoms with Crippen LogP contribution in [0.3, 0.4) is 0 Å². The molecule has 0 saturated heterocycles. The summed E-state index contributed by atoms with van der Waals surface area (Å²) in [6, 6.07) is 2.87. The van der Waals surface area contributed by atoms with E-state index in [0.29, 0.717) is 0 Å². The topological polar surface area (TPSA) is 111 Å². The number of anilines is 1. The van der Waals surface area contributed by atoms with Gasteiger partial charge in [-0.3, -0.25) is 0 Å². The monoisotopic (exact) mass is 283 g/mol. The zero-order valence-corrected chi connectivity index (χ0v) is 11.2. The number of aromatic carboxylic acids is 1. The number of hydrogen-bond acceptors (Lipinski definition) is 5. The molecular formula is C12H13NO5S. The van der Waals surface area contributed by atoms with E-state index in [2.05, 4.69) is 0 Å². The van der Waals surface area contributed by atoms with Crippen LogP contribution < -0.4 is 5.73 Å². The third-order valence-electron chi connectivity index (χ3n) is 2.96. The molecule has 0 aliphatic heterocycles. The third kappa shape index (κ3) is 1.95. The van der Waals surface area contributed by atoms with Crippen molar-refractivity contribution < 1.29 is 22.7 Å². The van der Waals surface area contributed by atoms with Crippen LogP contribution in [0.15, 0.2) is 21.4 Å². The maximum Gasteiger partial charge on any atom is 0.372 e. The summed E-state index contributed by atoms with van der Waals surface area (Å²) in [5, 5.41) is 9.26. The molecule has 0 amide bonds. The minimum absolute atomic E-state index is 0.0544. The summed E-state index contributed by atoms with van der Waals surface area (Å²) >= 11 is 0. The van der Waals surface area contributed by atoms with Crippen molar-refractivity contribution in [3.63, 3.8) is 0 Å². The number of fused-ring (bicyclic) bond motifs is 1. The molecule has 7 heteroatoms. The summed E-state index contributed by atoms with van der Waals surface area (Å²) in [6.45, 7) is 3.00. The lowest BCUT2D eigenvalue weighted by Crippen LogP contribution is -2.08. The zero-order chi connectivity index (χ0) is 14.4. The number of aryl methyl sites for hydroxylation is 1. The Morgan fingerprint density at radius 3 is 2.58 bits per heavy atom. The van der Waals surface area contributed by atoms with Gasteiger partial charge in [-0.25, -0.2) is 13.2 Å². The number of nitrogens with two attached hydrogens (primary N) is 1. The second kappa shape index (κ2) is 4.27. The van der Waals surface area contributed by atoms with Crippen molar-refractivity contribution in [1.82, 2.24) is 0 Å². The normalized spacial score (nSPS) is 11.9. The fourth-order valence-corrected chi connectivity index (χ4v) is 3.28. The highest BCUT2D eigenvalue weighted by Crippen LogP contribution is 2.35. The molecule has 1 aromatic carbocycles. The van der Waals surface area contributed by atoms with Gasteiger partial charge in [0.2, 0.25) is 5.76 Å². The van der Waals surface area contributed by atoms with E-state index >= 15 is 0 Å². The lowest BCUT2D eigenvalue weighted by molar-refractivity contribution is 0.0664. The van der Waals surface area contributed by atoms with E-state index in [4.69, 9.17) is 15.3 Å². The first-order valence-electron chi connectivity index (χ1n) is 5.57. The Morgan fingerprint density at radius 2 is 2.05 bits per heavy atom. The fourth-order valence-electron chi connectivity index (χ4n) is 2.00. The molecule has 0 aliphatic rings. The van der Waals surface area contributed by atoms with Crippen molar-refractivity contribution in [2.75, 3.05) is 11.5 Å². The van der Waals surface area contributed by atoms with Crippen LogP contribution in [-0.4, -0.2) is 25.2 Å². The largest absolute Gasteiger partial charge is 0.475 e. The number of carbonyl (C=O) groups is 1. The van der Waals surface area contributed by atoms with E-state index in [9.17, 15) is 13.2 Å². The smallest absolute Gasteiger partial charge is 0.372 e. The van der Waals surface area contributed by atoms with E-state index in [-0.39, 0.29) is 38.6 Å². The maximum atomic E-state index is 12.1. The summed E-state index contributed by atoms with van der Waals surface area (Å²) in [5.74, 6) is -1.64. The molecular weight excluding hydrogens is 270 g/mol. The molecule has 0 spiro atoms. The maximum absolute atomic E-state index is 12.1. The average Bonchev–Trinajstić information content (AvgIpc) is 2.67. The molecule has 6 nitrogen and oxygen atoms in total. The standard InChI is InChI=1S/C12H13NO5S/c1-3-19(16,17)11-7(13)4-5-8-9(11)6(2)10(18-8)12(14)15/h4-5H,3,13H2,1-2H3,(H,14,15). The van der Waals surface area contributed by atoms with Crippen LogP contribution in [0, 0.1) is 6.92 Å². The summed E-state index contributed by atoms with van der Waals surface area (Å²) in [4.78, 5) is 11.0. The van der Waals surface area contributed by atoms with Gasteiger partial charge in [-0.2, -0.15) is 0 Å². The Morgan fingerprint density at radius 1 is 1.42 bits per heavy atom. The first kappa shape index (κ1) is 13.4. The number of carboxylic acid groups (broad SMARTS) is 1. The lowest BCUT2D eigenvalue weighted by Gasteiger charge is -2.07. The van der Waals surface area contributed by atoms with Crippen LogP contribution in [-0.2, 0) is 9.84 Å². The molecule has 2 rings (SSSR count). The second-order valence-electron chi connectivity index (χ2n) is 4.12. The van der Waals surface area contributed by atoms with Gasteiger partial charge in [0.25, 0.3) is 0 Å². The SMILES string of the molecule is CCS(=O)(=O)c1c(N)ccc2oc(C(=O)O)c(C)c12. The van der Waals surface area contributed by atoms with Gasteiger partial charge in [-0.1, -0.05) is 6.92 Å². The highest BCUT2D eigenvalue weighted by Gasteiger charge is 2.26. The minimum Gasteiger partial charge on any atom is -0.475 e. The molecule has 2 aromatic rings. The van der Waals surface area contributed by atoms with Gasteiger partial charge in [0.1, 0.15) is 10.5 Å². The van der Waals surface area contributed by atoms with Crippen LogP contribution in [0.4, 0.5) is 5.69 Å². The van der Waals surface area contributed by atoms with Gasteiger partial charge in [0.05, 0.1) is 11.4 Å². The molecule has 0 radical (unpaired) electrons. The molecule has 0 aliphatic carbocycles. The van der Waals surface area contributed by atoms with Gasteiger partial charge < -0.3 is 15.3 Å². The van der Waals surface area contributed by atoms with Crippen LogP contribution in [0.2, 0.25) is 0 Å². The Labute approximate surface area is 109 Å². The van der Waals surface area contributed by atoms with E-state index in [1.54, 1.807) is 0 Å². The van der Waals surface area contributed by atoms with Gasteiger partial charge in [-0.05, 0) is 19.1 Å². The van der Waals surface area contributed by atoms with Crippen molar-refractivity contribution in [3.8, 4) is 0 Å². The first-order chi connectivity index (χ1) is 8.79. The molecule has 3 N–H and O–H groups in total. The number of benzene rings is 1. The summed E-state index contributed by atoms with van der Waals surface area (Å²) < 4.78 is 29.4. The number of rotatable bonds is 3.